The molecule has 1 amide bonds. The zero-order valence-corrected chi connectivity index (χ0v) is 12.5. The van der Waals surface area contributed by atoms with Crippen molar-refractivity contribution in [2.75, 3.05) is 26.6 Å². The maximum atomic E-state index is 12.5. The third kappa shape index (κ3) is 4.03. The van der Waals surface area contributed by atoms with Gasteiger partial charge in [0.15, 0.2) is 0 Å². The van der Waals surface area contributed by atoms with Crippen molar-refractivity contribution in [1.82, 2.24) is 4.90 Å². The molecule has 0 saturated heterocycles. The summed E-state index contributed by atoms with van der Waals surface area (Å²) in [6.45, 7) is 4.43. The van der Waals surface area contributed by atoms with E-state index in [1.807, 2.05) is 13.8 Å². The van der Waals surface area contributed by atoms with E-state index in [-0.39, 0.29) is 11.9 Å². The van der Waals surface area contributed by atoms with Crippen LogP contribution in [0.2, 0.25) is 0 Å². The first kappa shape index (κ1) is 15.6. The van der Waals surface area contributed by atoms with Gasteiger partial charge in [-0.3, -0.25) is 4.79 Å². The molecular formula is C14H20ClNO3. The Labute approximate surface area is 119 Å². The number of hydrogen-bond donors (Lipinski definition) is 0. The molecule has 0 atom stereocenters. The molecule has 0 aromatic heterocycles. The predicted molar refractivity (Wildman–Crippen MR) is 76.4 cm³/mol. The molecule has 0 spiro atoms. The lowest BCUT2D eigenvalue weighted by Gasteiger charge is -2.26. The van der Waals surface area contributed by atoms with Gasteiger partial charge in [0, 0.05) is 30.1 Å². The van der Waals surface area contributed by atoms with Gasteiger partial charge in [0.05, 0.1) is 14.2 Å². The Balaban J connectivity index is 3.09. The summed E-state index contributed by atoms with van der Waals surface area (Å²) in [5, 5.41) is 0. The fourth-order valence-electron chi connectivity index (χ4n) is 1.78. The second-order valence-corrected chi connectivity index (χ2v) is 4.76. The molecule has 0 N–H and O–H groups in total. The Morgan fingerprint density at radius 1 is 1.21 bits per heavy atom. The minimum Gasteiger partial charge on any atom is -0.497 e. The lowest BCUT2D eigenvalue weighted by Crippen LogP contribution is -2.38. The molecule has 0 aliphatic rings. The number of carbonyl (C=O) groups excluding carboxylic acids is 1. The summed E-state index contributed by atoms with van der Waals surface area (Å²) in [6.07, 6.45) is 0. The van der Waals surface area contributed by atoms with Crippen molar-refractivity contribution in [3.8, 4) is 11.5 Å². The standard InChI is InChI=1S/C14H20ClNO3/c1-10(2)16(6-5-15)14(17)11-7-12(18-3)9-13(8-11)19-4/h7-10H,5-6H2,1-4H3. The number of halogens is 1. The van der Waals surface area contributed by atoms with Crippen molar-refractivity contribution in [3.05, 3.63) is 23.8 Å². The SMILES string of the molecule is COc1cc(OC)cc(C(=O)N(CCCl)C(C)C)c1. The molecule has 0 aliphatic heterocycles. The van der Waals surface area contributed by atoms with Crippen LogP contribution in [0.5, 0.6) is 11.5 Å². The second kappa shape index (κ2) is 7.24. The van der Waals surface area contributed by atoms with Crippen LogP contribution >= 0.6 is 11.6 Å². The van der Waals surface area contributed by atoms with Crippen LogP contribution in [-0.4, -0.2) is 43.5 Å². The first-order valence-electron chi connectivity index (χ1n) is 6.13. The van der Waals surface area contributed by atoms with Gasteiger partial charge in [-0.15, -0.1) is 11.6 Å². The average molecular weight is 286 g/mol. The van der Waals surface area contributed by atoms with Crippen LogP contribution in [0.4, 0.5) is 0 Å². The molecule has 0 fully saturated rings. The van der Waals surface area contributed by atoms with Crippen molar-refractivity contribution in [1.29, 1.82) is 0 Å². The predicted octanol–water partition coefficient (Wildman–Crippen LogP) is 2.79. The largest absolute Gasteiger partial charge is 0.497 e. The van der Waals surface area contributed by atoms with E-state index >= 15 is 0 Å². The van der Waals surface area contributed by atoms with Crippen LogP contribution in [0.3, 0.4) is 0 Å². The second-order valence-electron chi connectivity index (χ2n) is 4.38. The Hall–Kier alpha value is -1.42. The molecular weight excluding hydrogens is 266 g/mol. The topological polar surface area (TPSA) is 38.8 Å². The van der Waals surface area contributed by atoms with Crippen molar-refractivity contribution >= 4 is 17.5 Å². The van der Waals surface area contributed by atoms with Gasteiger partial charge in [-0.25, -0.2) is 0 Å². The Morgan fingerprint density at radius 3 is 2.11 bits per heavy atom. The van der Waals surface area contributed by atoms with E-state index in [4.69, 9.17) is 21.1 Å². The lowest BCUT2D eigenvalue weighted by molar-refractivity contribution is 0.0717. The molecule has 0 saturated carbocycles. The van der Waals surface area contributed by atoms with Crippen molar-refractivity contribution in [2.45, 2.75) is 19.9 Å². The maximum Gasteiger partial charge on any atom is 0.254 e. The van der Waals surface area contributed by atoms with Crippen LogP contribution in [0.1, 0.15) is 24.2 Å². The Kier molecular flexibility index (Phi) is 5.96. The number of alkyl halides is 1. The molecule has 106 valence electrons. The molecule has 1 aromatic carbocycles. The molecule has 1 rings (SSSR count). The summed E-state index contributed by atoms with van der Waals surface area (Å²) in [4.78, 5) is 14.2. The van der Waals surface area contributed by atoms with Crippen LogP contribution < -0.4 is 9.47 Å². The smallest absolute Gasteiger partial charge is 0.254 e. The number of hydrogen-bond acceptors (Lipinski definition) is 3. The lowest BCUT2D eigenvalue weighted by atomic mass is 10.1. The van der Waals surface area contributed by atoms with E-state index in [2.05, 4.69) is 0 Å². The normalized spacial score (nSPS) is 10.4. The van der Waals surface area contributed by atoms with Gasteiger partial charge in [-0.2, -0.15) is 0 Å². The number of carbonyl (C=O) groups is 1. The minimum absolute atomic E-state index is 0.0761. The van der Waals surface area contributed by atoms with Crippen molar-refractivity contribution in [2.24, 2.45) is 0 Å². The van der Waals surface area contributed by atoms with Crippen molar-refractivity contribution in [3.63, 3.8) is 0 Å². The van der Waals surface area contributed by atoms with Crippen LogP contribution in [0.15, 0.2) is 18.2 Å². The van der Waals surface area contributed by atoms with Gasteiger partial charge in [0.1, 0.15) is 11.5 Å². The summed E-state index contributed by atoms with van der Waals surface area (Å²) in [6, 6.07) is 5.23. The van der Waals surface area contributed by atoms with E-state index < -0.39 is 0 Å². The molecule has 0 heterocycles. The monoisotopic (exact) mass is 285 g/mol. The summed E-state index contributed by atoms with van der Waals surface area (Å²) in [7, 11) is 3.12. The third-order valence-electron chi connectivity index (χ3n) is 2.81. The first-order valence-corrected chi connectivity index (χ1v) is 6.67. The van der Waals surface area contributed by atoms with Gasteiger partial charge in [0.25, 0.3) is 5.91 Å². The molecule has 0 bridgehead atoms. The highest BCUT2D eigenvalue weighted by atomic mass is 35.5. The molecule has 0 unspecified atom stereocenters. The van der Waals surface area contributed by atoms with Gasteiger partial charge in [-0.1, -0.05) is 0 Å². The number of benzene rings is 1. The summed E-state index contributed by atoms with van der Waals surface area (Å²) < 4.78 is 10.3. The number of methoxy groups -OCH3 is 2. The van der Waals surface area contributed by atoms with Crippen LogP contribution in [0, 0.1) is 0 Å². The summed E-state index contributed by atoms with van der Waals surface area (Å²) in [5.41, 5.74) is 0.537. The highest BCUT2D eigenvalue weighted by molar-refractivity contribution is 6.18. The Bertz CT molecular complexity index is 412. The number of amides is 1. The van der Waals surface area contributed by atoms with E-state index in [0.29, 0.717) is 29.5 Å². The molecule has 5 heteroatoms. The fraction of sp³-hybridized carbons (Fsp3) is 0.500. The molecule has 1 aromatic rings. The Morgan fingerprint density at radius 2 is 1.74 bits per heavy atom. The average Bonchev–Trinajstić information content (AvgIpc) is 2.42. The zero-order valence-electron chi connectivity index (χ0n) is 11.8. The number of rotatable bonds is 6. The zero-order chi connectivity index (χ0) is 14.4. The molecule has 0 radical (unpaired) electrons. The van der Waals surface area contributed by atoms with E-state index in [0.717, 1.165) is 0 Å². The van der Waals surface area contributed by atoms with Crippen molar-refractivity contribution < 1.29 is 14.3 Å². The van der Waals surface area contributed by atoms with Gasteiger partial charge < -0.3 is 14.4 Å². The van der Waals surface area contributed by atoms with Gasteiger partial charge in [0.2, 0.25) is 0 Å². The number of ether oxygens (including phenoxy) is 2. The quantitative estimate of drug-likeness (QED) is 0.755. The fourth-order valence-corrected chi connectivity index (χ4v) is 1.96. The third-order valence-corrected chi connectivity index (χ3v) is 2.98. The summed E-state index contributed by atoms with van der Waals surface area (Å²) >= 11 is 5.75. The highest BCUT2D eigenvalue weighted by Gasteiger charge is 2.19. The van der Waals surface area contributed by atoms with Gasteiger partial charge in [-0.05, 0) is 26.0 Å². The highest BCUT2D eigenvalue weighted by Crippen LogP contribution is 2.23. The molecule has 0 aliphatic carbocycles. The summed E-state index contributed by atoms with van der Waals surface area (Å²) in [5.74, 6) is 1.52. The minimum atomic E-state index is -0.0761. The van der Waals surface area contributed by atoms with Gasteiger partial charge >= 0.3 is 0 Å². The first-order chi connectivity index (χ1) is 9.03. The van der Waals surface area contributed by atoms with Crippen LogP contribution in [0.25, 0.3) is 0 Å². The van der Waals surface area contributed by atoms with E-state index in [1.165, 1.54) is 0 Å². The van der Waals surface area contributed by atoms with Crippen LogP contribution in [-0.2, 0) is 0 Å². The van der Waals surface area contributed by atoms with E-state index in [1.54, 1.807) is 37.3 Å². The van der Waals surface area contributed by atoms with E-state index in [9.17, 15) is 4.79 Å². The number of nitrogens with zero attached hydrogens (tertiary/aromatic N) is 1. The molecule has 4 nitrogen and oxygen atoms in total. The maximum absolute atomic E-state index is 12.5. The molecule has 19 heavy (non-hydrogen) atoms.